The van der Waals surface area contributed by atoms with Gasteiger partial charge in [0.05, 0.1) is 0 Å². The van der Waals surface area contributed by atoms with Gasteiger partial charge in [-0.2, -0.15) is 0 Å². The number of nitrogens with one attached hydrogen (secondary N) is 1. The molecule has 0 spiro atoms. The SMILES string of the molecule is C=CCN1C(=O)/C(=C\c2cn(CC)c3ccccc23)C(=O)NC1=S. The van der Waals surface area contributed by atoms with Crippen molar-refractivity contribution in [1.82, 2.24) is 14.8 Å². The number of aromatic nitrogens is 1. The summed E-state index contributed by atoms with van der Waals surface area (Å²) in [6.45, 7) is 6.72. The molecule has 3 rings (SSSR count). The third kappa shape index (κ3) is 2.65. The lowest BCUT2D eigenvalue weighted by molar-refractivity contribution is -0.128. The summed E-state index contributed by atoms with van der Waals surface area (Å²) in [4.78, 5) is 26.2. The summed E-state index contributed by atoms with van der Waals surface area (Å²) in [5.74, 6) is -0.879. The zero-order valence-corrected chi connectivity index (χ0v) is 14.1. The Hall–Kier alpha value is -2.73. The van der Waals surface area contributed by atoms with Gasteiger partial charge in [-0.3, -0.25) is 19.8 Å². The molecule has 1 saturated heterocycles. The lowest BCUT2D eigenvalue weighted by atomic mass is 10.1. The summed E-state index contributed by atoms with van der Waals surface area (Å²) in [6.07, 6.45) is 5.15. The molecule has 122 valence electrons. The molecule has 24 heavy (non-hydrogen) atoms. The van der Waals surface area contributed by atoms with Gasteiger partial charge in [-0.15, -0.1) is 6.58 Å². The van der Waals surface area contributed by atoms with E-state index in [1.54, 1.807) is 12.2 Å². The quantitative estimate of drug-likeness (QED) is 0.403. The van der Waals surface area contributed by atoms with Gasteiger partial charge in [-0.25, -0.2) is 0 Å². The second-order valence-electron chi connectivity index (χ2n) is 5.41. The normalized spacial score (nSPS) is 16.8. The van der Waals surface area contributed by atoms with Crippen molar-refractivity contribution in [3.63, 3.8) is 0 Å². The molecule has 1 N–H and O–H groups in total. The van der Waals surface area contributed by atoms with Crippen LogP contribution in [0.15, 0.2) is 48.7 Å². The van der Waals surface area contributed by atoms with Gasteiger partial charge in [-0.05, 0) is 31.3 Å². The van der Waals surface area contributed by atoms with Gasteiger partial charge in [0.15, 0.2) is 5.11 Å². The van der Waals surface area contributed by atoms with Gasteiger partial charge in [-0.1, -0.05) is 24.3 Å². The standard InChI is InChI=1S/C18H17N3O2S/c1-3-9-21-17(23)14(16(22)19-18(21)24)10-12-11-20(4-2)15-8-6-5-7-13(12)15/h3,5-8,10-11H,1,4,9H2,2H3,(H,19,22,24)/b14-10-. The van der Waals surface area contributed by atoms with Gasteiger partial charge in [0.25, 0.3) is 11.8 Å². The summed E-state index contributed by atoms with van der Waals surface area (Å²) < 4.78 is 2.08. The van der Waals surface area contributed by atoms with Crippen molar-refractivity contribution in [2.45, 2.75) is 13.5 Å². The number of benzene rings is 1. The first-order chi connectivity index (χ1) is 11.6. The fraction of sp³-hybridized carbons (Fsp3) is 0.167. The number of hydrogen-bond acceptors (Lipinski definition) is 3. The van der Waals surface area contributed by atoms with Crippen molar-refractivity contribution in [3.8, 4) is 0 Å². The topological polar surface area (TPSA) is 54.3 Å². The van der Waals surface area contributed by atoms with Crippen molar-refractivity contribution >= 4 is 46.1 Å². The van der Waals surface area contributed by atoms with Gasteiger partial charge < -0.3 is 4.57 Å². The van der Waals surface area contributed by atoms with E-state index in [1.165, 1.54) is 4.90 Å². The van der Waals surface area contributed by atoms with Crippen LogP contribution in [0.2, 0.25) is 0 Å². The maximum Gasteiger partial charge on any atom is 0.265 e. The third-order valence-corrected chi connectivity index (χ3v) is 4.28. The number of thiocarbonyl (C=S) groups is 1. The molecule has 0 unspecified atom stereocenters. The zero-order chi connectivity index (χ0) is 17.3. The molecule has 2 aromatic rings. The monoisotopic (exact) mass is 339 g/mol. The predicted octanol–water partition coefficient (Wildman–Crippen LogP) is 2.47. The van der Waals surface area contributed by atoms with Crippen LogP contribution in [0.4, 0.5) is 0 Å². The van der Waals surface area contributed by atoms with E-state index in [2.05, 4.69) is 16.5 Å². The minimum atomic E-state index is -0.473. The minimum absolute atomic E-state index is 0.0736. The van der Waals surface area contributed by atoms with Crippen molar-refractivity contribution < 1.29 is 9.59 Å². The number of para-hydroxylation sites is 1. The highest BCUT2D eigenvalue weighted by atomic mass is 32.1. The third-order valence-electron chi connectivity index (χ3n) is 3.96. The van der Waals surface area contributed by atoms with Gasteiger partial charge >= 0.3 is 0 Å². The molecule has 1 fully saturated rings. The number of fused-ring (bicyclic) bond motifs is 1. The first-order valence-electron chi connectivity index (χ1n) is 7.64. The fourth-order valence-electron chi connectivity index (χ4n) is 2.80. The molecule has 1 aromatic heterocycles. The van der Waals surface area contributed by atoms with E-state index in [-0.39, 0.29) is 17.2 Å². The summed E-state index contributed by atoms with van der Waals surface area (Å²) in [5.41, 5.74) is 1.97. The van der Waals surface area contributed by atoms with E-state index < -0.39 is 11.8 Å². The first kappa shape index (κ1) is 16.1. The molecule has 2 heterocycles. The summed E-state index contributed by atoms with van der Waals surface area (Å²) in [6, 6.07) is 7.90. The maximum absolute atomic E-state index is 12.6. The van der Waals surface area contributed by atoms with Gasteiger partial charge in [0.2, 0.25) is 0 Å². The lowest BCUT2D eigenvalue weighted by Gasteiger charge is -2.27. The molecule has 0 atom stereocenters. The largest absolute Gasteiger partial charge is 0.347 e. The molecule has 0 radical (unpaired) electrons. The number of carbonyl (C=O) groups excluding carboxylic acids is 2. The Balaban J connectivity index is 2.10. The summed E-state index contributed by atoms with van der Waals surface area (Å²) in [7, 11) is 0. The molecule has 1 aliphatic rings. The Kier molecular flexibility index (Phi) is 4.31. The van der Waals surface area contributed by atoms with Crippen LogP contribution < -0.4 is 5.32 Å². The number of carbonyl (C=O) groups is 2. The van der Waals surface area contributed by atoms with Crippen LogP contribution in [-0.4, -0.2) is 32.9 Å². The smallest absolute Gasteiger partial charge is 0.265 e. The van der Waals surface area contributed by atoms with Crippen molar-refractivity contribution in [2.75, 3.05) is 6.54 Å². The number of hydrogen-bond donors (Lipinski definition) is 1. The number of aryl methyl sites for hydroxylation is 1. The van der Waals surface area contributed by atoms with Gasteiger partial charge in [0.1, 0.15) is 5.57 Å². The zero-order valence-electron chi connectivity index (χ0n) is 13.3. The van der Waals surface area contributed by atoms with Crippen LogP contribution >= 0.6 is 12.2 Å². The second-order valence-corrected chi connectivity index (χ2v) is 5.80. The van der Waals surface area contributed by atoms with E-state index in [0.717, 1.165) is 23.0 Å². The predicted molar refractivity (Wildman–Crippen MR) is 98.2 cm³/mol. The lowest BCUT2D eigenvalue weighted by Crippen LogP contribution is -2.53. The summed E-state index contributed by atoms with van der Waals surface area (Å²) in [5, 5.41) is 3.66. The highest BCUT2D eigenvalue weighted by Gasteiger charge is 2.32. The highest BCUT2D eigenvalue weighted by Crippen LogP contribution is 2.24. The molecule has 0 bridgehead atoms. The van der Waals surface area contributed by atoms with Crippen LogP contribution in [0.1, 0.15) is 12.5 Å². The highest BCUT2D eigenvalue weighted by molar-refractivity contribution is 7.80. The van der Waals surface area contributed by atoms with Crippen LogP contribution in [0.3, 0.4) is 0 Å². The fourth-order valence-corrected chi connectivity index (χ4v) is 3.05. The molecule has 5 nitrogen and oxygen atoms in total. The van der Waals surface area contributed by atoms with E-state index >= 15 is 0 Å². The van der Waals surface area contributed by atoms with Crippen LogP contribution in [0.25, 0.3) is 17.0 Å². The van der Waals surface area contributed by atoms with E-state index in [9.17, 15) is 9.59 Å². The molecular weight excluding hydrogens is 322 g/mol. The molecule has 2 amide bonds. The molecule has 0 aliphatic carbocycles. The number of nitrogens with zero attached hydrogens (tertiary/aromatic N) is 2. The average molecular weight is 339 g/mol. The van der Waals surface area contributed by atoms with Crippen molar-refractivity contribution in [3.05, 3.63) is 54.3 Å². The number of amides is 2. The Morgan fingerprint density at radius 3 is 2.75 bits per heavy atom. The molecule has 0 saturated carbocycles. The Labute approximate surface area is 145 Å². The van der Waals surface area contributed by atoms with Crippen molar-refractivity contribution in [1.29, 1.82) is 0 Å². The van der Waals surface area contributed by atoms with Crippen LogP contribution in [0, 0.1) is 0 Å². The first-order valence-corrected chi connectivity index (χ1v) is 8.05. The average Bonchev–Trinajstić information content (AvgIpc) is 2.93. The Morgan fingerprint density at radius 2 is 2.04 bits per heavy atom. The van der Waals surface area contributed by atoms with Crippen LogP contribution in [-0.2, 0) is 16.1 Å². The minimum Gasteiger partial charge on any atom is -0.347 e. The second kappa shape index (κ2) is 6.41. The van der Waals surface area contributed by atoms with Crippen LogP contribution in [0.5, 0.6) is 0 Å². The molecular formula is C18H17N3O2S. The Bertz CT molecular complexity index is 895. The van der Waals surface area contributed by atoms with E-state index in [0.29, 0.717) is 0 Å². The van der Waals surface area contributed by atoms with Crippen molar-refractivity contribution in [2.24, 2.45) is 0 Å². The van der Waals surface area contributed by atoms with E-state index in [4.69, 9.17) is 12.2 Å². The van der Waals surface area contributed by atoms with Gasteiger partial charge in [0, 0.05) is 35.8 Å². The number of rotatable bonds is 4. The molecule has 6 heteroatoms. The van der Waals surface area contributed by atoms with E-state index in [1.807, 2.05) is 37.4 Å². The maximum atomic E-state index is 12.6. The molecule has 1 aliphatic heterocycles. The molecule has 1 aromatic carbocycles. The Morgan fingerprint density at radius 1 is 1.29 bits per heavy atom. The summed E-state index contributed by atoms with van der Waals surface area (Å²) >= 11 is 5.06.